The lowest BCUT2D eigenvalue weighted by molar-refractivity contribution is 0.772. The summed E-state index contributed by atoms with van der Waals surface area (Å²) in [6, 6.07) is 9.98. The van der Waals surface area contributed by atoms with Gasteiger partial charge in [-0.15, -0.1) is 0 Å². The zero-order chi connectivity index (χ0) is 12.5. The summed E-state index contributed by atoms with van der Waals surface area (Å²) in [6.07, 6.45) is 0. The van der Waals surface area contributed by atoms with Gasteiger partial charge in [0.1, 0.15) is 0 Å². The van der Waals surface area contributed by atoms with E-state index < -0.39 is 0 Å². The Bertz CT molecular complexity index is 562. The molecule has 0 bridgehead atoms. The molecular formula is C13H12ClN3S. The van der Waals surface area contributed by atoms with Crippen LogP contribution in [0.15, 0.2) is 46.1 Å². The molecule has 0 fully saturated rings. The number of nitrogens with two attached hydrogens (primary N) is 1. The first-order chi connectivity index (χ1) is 8.75. The molecule has 1 unspecified atom stereocenters. The Morgan fingerprint density at radius 2 is 2.06 bits per heavy atom. The normalized spacial score (nSPS) is 19.1. The third kappa shape index (κ3) is 1.98. The summed E-state index contributed by atoms with van der Waals surface area (Å²) in [5.74, 6) is 0.563. The van der Waals surface area contributed by atoms with Crippen LogP contribution >= 0.6 is 22.9 Å². The molecule has 3 nitrogen and oxygen atoms in total. The highest BCUT2D eigenvalue weighted by atomic mass is 35.5. The first-order valence-electron chi connectivity index (χ1n) is 5.62. The van der Waals surface area contributed by atoms with E-state index in [0.717, 1.165) is 10.7 Å². The van der Waals surface area contributed by atoms with Gasteiger partial charge in [-0.05, 0) is 46.7 Å². The first-order valence-corrected chi connectivity index (χ1v) is 6.94. The van der Waals surface area contributed by atoms with E-state index in [-0.39, 0.29) is 6.04 Å². The molecule has 92 valence electrons. The van der Waals surface area contributed by atoms with Crippen molar-refractivity contribution in [2.45, 2.75) is 6.04 Å². The Morgan fingerprint density at radius 1 is 1.28 bits per heavy atom. The van der Waals surface area contributed by atoms with Gasteiger partial charge in [0, 0.05) is 10.7 Å². The number of rotatable bonds is 2. The third-order valence-electron chi connectivity index (χ3n) is 3.02. The second kappa shape index (κ2) is 4.63. The van der Waals surface area contributed by atoms with Crippen LogP contribution in [0.5, 0.6) is 0 Å². The second-order valence-electron chi connectivity index (χ2n) is 4.12. The summed E-state index contributed by atoms with van der Waals surface area (Å²) >= 11 is 7.60. The van der Waals surface area contributed by atoms with E-state index in [9.17, 15) is 0 Å². The zero-order valence-corrected chi connectivity index (χ0v) is 11.2. The average Bonchev–Trinajstić information content (AvgIpc) is 2.99. The average molecular weight is 278 g/mol. The highest BCUT2D eigenvalue weighted by Crippen LogP contribution is 2.32. The molecule has 0 spiro atoms. The van der Waals surface area contributed by atoms with Crippen LogP contribution in [0.25, 0.3) is 0 Å². The Labute approximate surface area is 115 Å². The summed E-state index contributed by atoms with van der Waals surface area (Å²) in [6.45, 7) is 0.700. The number of nitrogens with zero attached hydrogens (tertiary/aromatic N) is 2. The smallest absolute Gasteiger partial charge is 0.196 e. The molecule has 2 heterocycles. The standard InChI is InChI=1S/C13H12ClN3S/c14-10-1-3-11(4-2-10)17-12(7-16-13(17)15)9-5-6-18-8-9/h1-6,8,12H,7H2,(H2,15,16). The van der Waals surface area contributed by atoms with Crippen LogP contribution in [0, 0.1) is 0 Å². The van der Waals surface area contributed by atoms with E-state index in [4.69, 9.17) is 17.3 Å². The fourth-order valence-corrected chi connectivity index (χ4v) is 2.96. The van der Waals surface area contributed by atoms with Crippen molar-refractivity contribution in [3.05, 3.63) is 51.7 Å². The third-order valence-corrected chi connectivity index (χ3v) is 3.97. The van der Waals surface area contributed by atoms with Crippen molar-refractivity contribution >= 4 is 34.6 Å². The molecule has 0 amide bonds. The number of hydrogen-bond acceptors (Lipinski definition) is 4. The minimum atomic E-state index is 0.192. The van der Waals surface area contributed by atoms with Crippen molar-refractivity contribution in [2.75, 3.05) is 11.4 Å². The lowest BCUT2D eigenvalue weighted by atomic mass is 10.1. The van der Waals surface area contributed by atoms with Crippen LogP contribution in [-0.4, -0.2) is 12.5 Å². The van der Waals surface area contributed by atoms with Crippen molar-refractivity contribution in [2.24, 2.45) is 10.7 Å². The van der Waals surface area contributed by atoms with Gasteiger partial charge >= 0.3 is 0 Å². The number of hydrogen-bond donors (Lipinski definition) is 1. The van der Waals surface area contributed by atoms with E-state index in [1.165, 1.54) is 5.56 Å². The predicted octanol–water partition coefficient (Wildman–Crippen LogP) is 3.28. The quantitative estimate of drug-likeness (QED) is 0.915. The minimum Gasteiger partial charge on any atom is -0.369 e. The Kier molecular flexibility index (Phi) is 2.97. The molecule has 0 saturated carbocycles. The lowest BCUT2D eigenvalue weighted by Crippen LogP contribution is -2.35. The molecule has 5 heteroatoms. The SMILES string of the molecule is NC1=NCC(c2ccsc2)N1c1ccc(Cl)cc1. The Balaban J connectivity index is 1.97. The summed E-state index contributed by atoms with van der Waals surface area (Å²) < 4.78 is 0. The molecule has 0 aliphatic carbocycles. The Morgan fingerprint density at radius 3 is 2.72 bits per heavy atom. The summed E-state index contributed by atoms with van der Waals surface area (Å²) in [5, 5.41) is 4.94. The molecule has 0 saturated heterocycles. The number of aliphatic imine (C=N–C) groups is 1. The van der Waals surface area contributed by atoms with Crippen molar-refractivity contribution in [1.29, 1.82) is 0 Å². The van der Waals surface area contributed by atoms with Gasteiger partial charge in [-0.1, -0.05) is 11.6 Å². The van der Waals surface area contributed by atoms with Gasteiger partial charge in [0.05, 0.1) is 12.6 Å². The highest BCUT2D eigenvalue weighted by Gasteiger charge is 2.28. The van der Waals surface area contributed by atoms with Crippen LogP contribution in [0.4, 0.5) is 5.69 Å². The zero-order valence-electron chi connectivity index (χ0n) is 9.58. The molecular weight excluding hydrogens is 266 g/mol. The van der Waals surface area contributed by atoms with Crippen LogP contribution in [0.3, 0.4) is 0 Å². The molecule has 18 heavy (non-hydrogen) atoms. The Hall–Kier alpha value is -1.52. The van der Waals surface area contributed by atoms with Gasteiger partial charge in [-0.2, -0.15) is 11.3 Å². The number of halogens is 1. The minimum absolute atomic E-state index is 0.192. The second-order valence-corrected chi connectivity index (χ2v) is 5.33. The van der Waals surface area contributed by atoms with Gasteiger partial charge in [0.25, 0.3) is 0 Å². The van der Waals surface area contributed by atoms with Crippen LogP contribution < -0.4 is 10.6 Å². The summed E-state index contributed by atoms with van der Waals surface area (Å²) in [4.78, 5) is 6.40. The van der Waals surface area contributed by atoms with E-state index in [0.29, 0.717) is 12.5 Å². The van der Waals surface area contributed by atoms with Gasteiger partial charge in [0.2, 0.25) is 0 Å². The van der Waals surface area contributed by atoms with Crippen molar-refractivity contribution in [1.82, 2.24) is 0 Å². The van der Waals surface area contributed by atoms with Crippen LogP contribution in [0.2, 0.25) is 5.02 Å². The van der Waals surface area contributed by atoms with E-state index >= 15 is 0 Å². The summed E-state index contributed by atoms with van der Waals surface area (Å²) in [7, 11) is 0. The van der Waals surface area contributed by atoms with Crippen molar-refractivity contribution in [3.63, 3.8) is 0 Å². The molecule has 1 aliphatic heterocycles. The van der Waals surface area contributed by atoms with Gasteiger partial charge < -0.3 is 10.6 Å². The van der Waals surface area contributed by atoms with Crippen LogP contribution in [-0.2, 0) is 0 Å². The maximum Gasteiger partial charge on any atom is 0.196 e. The number of thiophene rings is 1. The number of guanidine groups is 1. The van der Waals surface area contributed by atoms with E-state index in [1.807, 2.05) is 24.3 Å². The number of benzene rings is 1. The van der Waals surface area contributed by atoms with Crippen molar-refractivity contribution in [3.8, 4) is 0 Å². The molecule has 1 aromatic carbocycles. The molecule has 0 radical (unpaired) electrons. The predicted molar refractivity (Wildman–Crippen MR) is 77.5 cm³/mol. The topological polar surface area (TPSA) is 41.6 Å². The number of anilines is 1. The van der Waals surface area contributed by atoms with Crippen molar-refractivity contribution < 1.29 is 0 Å². The molecule has 2 aromatic rings. The van der Waals surface area contributed by atoms with Crippen LogP contribution in [0.1, 0.15) is 11.6 Å². The van der Waals surface area contributed by atoms with E-state index in [2.05, 4.69) is 26.7 Å². The van der Waals surface area contributed by atoms with Gasteiger partial charge in [-0.25, -0.2) is 0 Å². The lowest BCUT2D eigenvalue weighted by Gasteiger charge is -2.25. The molecule has 1 aliphatic rings. The maximum atomic E-state index is 5.99. The summed E-state index contributed by atoms with van der Waals surface area (Å²) in [5.41, 5.74) is 8.26. The van der Waals surface area contributed by atoms with E-state index in [1.54, 1.807) is 11.3 Å². The van der Waals surface area contributed by atoms with Gasteiger partial charge in [-0.3, -0.25) is 4.99 Å². The molecule has 1 atom stereocenters. The molecule has 1 aromatic heterocycles. The fourth-order valence-electron chi connectivity index (χ4n) is 2.13. The van der Waals surface area contributed by atoms with Gasteiger partial charge in [0.15, 0.2) is 5.96 Å². The largest absolute Gasteiger partial charge is 0.369 e. The molecule has 3 rings (SSSR count). The maximum absolute atomic E-state index is 5.99. The highest BCUT2D eigenvalue weighted by molar-refractivity contribution is 7.08. The monoisotopic (exact) mass is 277 g/mol. The fraction of sp³-hybridized carbons (Fsp3) is 0.154. The molecule has 2 N–H and O–H groups in total. The first kappa shape index (κ1) is 11.6.